The molecule has 0 spiro atoms. The van der Waals surface area contributed by atoms with Crippen molar-refractivity contribution < 1.29 is 14.3 Å². The van der Waals surface area contributed by atoms with Crippen molar-refractivity contribution in [2.24, 2.45) is 5.92 Å². The SMILES string of the molecule is COc1cc2c(cc1OC)CN(C(=O)CN(C)C1CCC(C)CC1)CC2. The van der Waals surface area contributed by atoms with Crippen molar-refractivity contribution in [2.45, 2.75) is 51.6 Å². The van der Waals surface area contributed by atoms with Gasteiger partial charge in [-0.05, 0) is 68.3 Å². The maximum Gasteiger partial charge on any atom is 0.237 e. The molecule has 5 nitrogen and oxygen atoms in total. The Morgan fingerprint density at radius 2 is 1.73 bits per heavy atom. The Bertz CT molecular complexity index is 638. The summed E-state index contributed by atoms with van der Waals surface area (Å²) >= 11 is 0. The average molecular weight is 360 g/mol. The number of amides is 1. The van der Waals surface area contributed by atoms with Crippen LogP contribution in [0, 0.1) is 5.92 Å². The predicted molar refractivity (Wildman–Crippen MR) is 103 cm³/mol. The van der Waals surface area contributed by atoms with Gasteiger partial charge in [0, 0.05) is 19.1 Å². The van der Waals surface area contributed by atoms with Crippen LogP contribution in [0.4, 0.5) is 0 Å². The molecule has 1 aromatic carbocycles. The zero-order valence-corrected chi connectivity index (χ0v) is 16.6. The number of methoxy groups -OCH3 is 2. The lowest BCUT2D eigenvalue weighted by Gasteiger charge is -2.35. The van der Waals surface area contributed by atoms with Crippen LogP contribution in [0.1, 0.15) is 43.7 Å². The highest BCUT2D eigenvalue weighted by atomic mass is 16.5. The minimum absolute atomic E-state index is 0.228. The van der Waals surface area contributed by atoms with Gasteiger partial charge in [-0.1, -0.05) is 6.92 Å². The Labute approximate surface area is 157 Å². The highest BCUT2D eigenvalue weighted by Crippen LogP contribution is 2.33. The second kappa shape index (κ2) is 8.30. The second-order valence-corrected chi connectivity index (χ2v) is 7.87. The van der Waals surface area contributed by atoms with Crippen molar-refractivity contribution >= 4 is 5.91 Å². The van der Waals surface area contributed by atoms with Gasteiger partial charge in [-0.2, -0.15) is 0 Å². The van der Waals surface area contributed by atoms with Gasteiger partial charge in [0.1, 0.15) is 0 Å². The molecule has 1 fully saturated rings. The largest absolute Gasteiger partial charge is 0.493 e. The van der Waals surface area contributed by atoms with E-state index in [2.05, 4.69) is 18.9 Å². The summed E-state index contributed by atoms with van der Waals surface area (Å²) in [6.45, 7) is 4.28. The number of rotatable bonds is 5. The van der Waals surface area contributed by atoms with E-state index in [0.717, 1.165) is 35.9 Å². The fraction of sp³-hybridized carbons (Fsp3) is 0.667. The molecule has 0 saturated heterocycles. The molecule has 0 bridgehead atoms. The maximum atomic E-state index is 12.8. The van der Waals surface area contributed by atoms with E-state index < -0.39 is 0 Å². The minimum Gasteiger partial charge on any atom is -0.493 e. The lowest BCUT2D eigenvalue weighted by molar-refractivity contribution is -0.133. The van der Waals surface area contributed by atoms with Crippen LogP contribution in [0.3, 0.4) is 0 Å². The van der Waals surface area contributed by atoms with Crippen LogP contribution in [0.5, 0.6) is 11.5 Å². The highest BCUT2D eigenvalue weighted by molar-refractivity contribution is 5.78. The van der Waals surface area contributed by atoms with Gasteiger partial charge in [-0.15, -0.1) is 0 Å². The zero-order valence-electron chi connectivity index (χ0n) is 16.6. The van der Waals surface area contributed by atoms with Gasteiger partial charge >= 0.3 is 0 Å². The number of benzene rings is 1. The molecule has 1 saturated carbocycles. The van der Waals surface area contributed by atoms with E-state index in [-0.39, 0.29) is 5.91 Å². The van der Waals surface area contributed by atoms with Crippen molar-refractivity contribution in [1.29, 1.82) is 0 Å². The number of hydrogen-bond donors (Lipinski definition) is 0. The van der Waals surface area contributed by atoms with Gasteiger partial charge < -0.3 is 14.4 Å². The first-order valence-electron chi connectivity index (χ1n) is 9.73. The minimum atomic E-state index is 0.228. The van der Waals surface area contributed by atoms with E-state index in [1.807, 2.05) is 17.0 Å². The van der Waals surface area contributed by atoms with Gasteiger partial charge in [0.05, 0.1) is 20.8 Å². The van der Waals surface area contributed by atoms with Gasteiger partial charge in [0.2, 0.25) is 5.91 Å². The van der Waals surface area contributed by atoms with Crippen molar-refractivity contribution in [1.82, 2.24) is 9.80 Å². The standard InChI is InChI=1S/C21H32N2O3/c1-15-5-7-18(8-6-15)22(2)14-21(24)23-10-9-16-11-19(25-3)20(26-4)12-17(16)13-23/h11-12,15,18H,5-10,13-14H2,1-4H3. The third kappa shape index (κ3) is 4.14. The van der Waals surface area contributed by atoms with E-state index in [1.54, 1.807) is 14.2 Å². The zero-order chi connectivity index (χ0) is 18.7. The number of carbonyl (C=O) groups excluding carboxylic acids is 1. The summed E-state index contributed by atoms with van der Waals surface area (Å²) in [4.78, 5) is 17.1. The van der Waals surface area contributed by atoms with Crippen LogP contribution in [-0.4, -0.2) is 56.1 Å². The van der Waals surface area contributed by atoms with Gasteiger partial charge in [0.15, 0.2) is 11.5 Å². The van der Waals surface area contributed by atoms with Crippen LogP contribution < -0.4 is 9.47 Å². The highest BCUT2D eigenvalue weighted by Gasteiger charge is 2.27. The molecule has 0 radical (unpaired) electrons. The molecule has 1 amide bonds. The van der Waals surface area contributed by atoms with Crippen molar-refractivity contribution in [2.75, 3.05) is 34.4 Å². The van der Waals surface area contributed by atoms with Crippen LogP contribution in [0.15, 0.2) is 12.1 Å². The molecule has 26 heavy (non-hydrogen) atoms. The van der Waals surface area contributed by atoms with Crippen molar-refractivity contribution in [3.8, 4) is 11.5 Å². The van der Waals surface area contributed by atoms with Crippen LogP contribution >= 0.6 is 0 Å². The number of likely N-dealkylation sites (N-methyl/N-ethyl adjacent to an activating group) is 1. The molecule has 0 aromatic heterocycles. The van der Waals surface area contributed by atoms with Crippen molar-refractivity contribution in [3.63, 3.8) is 0 Å². The summed E-state index contributed by atoms with van der Waals surface area (Å²) in [5.74, 6) is 2.55. The average Bonchev–Trinajstić information content (AvgIpc) is 2.66. The van der Waals surface area contributed by atoms with Gasteiger partial charge in [-0.25, -0.2) is 0 Å². The monoisotopic (exact) mass is 360 g/mol. The first-order chi connectivity index (χ1) is 12.5. The van der Waals surface area contributed by atoms with Crippen LogP contribution in [0.2, 0.25) is 0 Å². The number of fused-ring (bicyclic) bond motifs is 1. The maximum absolute atomic E-state index is 12.8. The molecule has 144 valence electrons. The van der Waals surface area contributed by atoms with Gasteiger partial charge in [-0.3, -0.25) is 9.69 Å². The van der Waals surface area contributed by atoms with Crippen molar-refractivity contribution in [3.05, 3.63) is 23.3 Å². The summed E-state index contributed by atoms with van der Waals surface area (Å²) in [5.41, 5.74) is 2.41. The van der Waals surface area contributed by atoms with E-state index in [4.69, 9.17) is 9.47 Å². The fourth-order valence-electron chi connectivity index (χ4n) is 4.22. The van der Waals surface area contributed by atoms with Crippen LogP contribution in [-0.2, 0) is 17.8 Å². The summed E-state index contributed by atoms with van der Waals surface area (Å²) in [7, 11) is 5.41. The molecule has 1 aliphatic carbocycles. The smallest absolute Gasteiger partial charge is 0.237 e. The molecule has 0 atom stereocenters. The number of nitrogens with zero attached hydrogens (tertiary/aromatic N) is 2. The predicted octanol–water partition coefficient (Wildman–Crippen LogP) is 3.10. The fourth-order valence-corrected chi connectivity index (χ4v) is 4.22. The Balaban J connectivity index is 1.61. The normalized spacial score (nSPS) is 22.9. The summed E-state index contributed by atoms with van der Waals surface area (Å²) in [6, 6.07) is 4.61. The molecular formula is C21H32N2O3. The third-order valence-electron chi connectivity index (χ3n) is 6.06. The Kier molecular flexibility index (Phi) is 6.07. The first kappa shape index (κ1) is 19.0. The Morgan fingerprint density at radius 1 is 1.12 bits per heavy atom. The molecule has 0 N–H and O–H groups in total. The topological polar surface area (TPSA) is 42.0 Å². The van der Waals surface area contributed by atoms with E-state index in [9.17, 15) is 4.79 Å². The molecule has 1 aromatic rings. The molecule has 0 unspecified atom stereocenters. The molecule has 1 aliphatic heterocycles. The summed E-state index contributed by atoms with van der Waals surface area (Å²) < 4.78 is 10.8. The number of hydrogen-bond acceptors (Lipinski definition) is 4. The molecule has 3 rings (SSSR count). The lowest BCUT2D eigenvalue weighted by Crippen LogP contribution is -2.45. The number of ether oxygens (including phenoxy) is 2. The van der Waals surface area contributed by atoms with E-state index in [1.165, 1.54) is 31.2 Å². The molecule has 5 heteroatoms. The van der Waals surface area contributed by atoms with E-state index >= 15 is 0 Å². The molecule has 2 aliphatic rings. The molecular weight excluding hydrogens is 328 g/mol. The summed E-state index contributed by atoms with van der Waals surface area (Å²) in [6.07, 6.45) is 5.85. The molecule has 1 heterocycles. The second-order valence-electron chi connectivity index (χ2n) is 7.87. The third-order valence-corrected chi connectivity index (χ3v) is 6.06. The lowest BCUT2D eigenvalue weighted by atomic mass is 9.87. The van der Waals surface area contributed by atoms with Gasteiger partial charge in [0.25, 0.3) is 0 Å². The first-order valence-corrected chi connectivity index (χ1v) is 9.73. The van der Waals surface area contributed by atoms with Crippen LogP contribution in [0.25, 0.3) is 0 Å². The Morgan fingerprint density at radius 3 is 2.35 bits per heavy atom. The quantitative estimate of drug-likeness (QED) is 0.809. The Hall–Kier alpha value is -1.75. The van der Waals surface area contributed by atoms with E-state index in [0.29, 0.717) is 19.1 Å². The number of carbonyl (C=O) groups is 1. The summed E-state index contributed by atoms with van der Waals surface area (Å²) in [5, 5.41) is 0.